The van der Waals surface area contributed by atoms with Crippen LogP contribution in [0.2, 0.25) is 0 Å². The van der Waals surface area contributed by atoms with Crippen LogP contribution in [0, 0.1) is 15.4 Å². The number of benzene rings is 1. The zero-order chi connectivity index (χ0) is 17.6. The maximum Gasteiger partial charge on any atom is 0.372 e. The molecule has 0 saturated heterocycles. The van der Waals surface area contributed by atoms with Crippen molar-refractivity contribution in [3.63, 3.8) is 0 Å². The fourth-order valence-corrected chi connectivity index (χ4v) is 2.43. The van der Waals surface area contributed by atoms with Gasteiger partial charge in [-0.1, -0.05) is 13.8 Å². The Morgan fingerprint density at radius 1 is 1.39 bits per heavy atom. The van der Waals surface area contributed by atoms with Crippen LogP contribution in [0.15, 0.2) is 34.9 Å². The quantitative estimate of drug-likeness (QED) is 0.153. The van der Waals surface area contributed by atoms with Gasteiger partial charge in [-0.2, -0.15) is 4.99 Å². The van der Waals surface area contributed by atoms with E-state index in [4.69, 9.17) is 27.5 Å². The number of rotatable bonds is 7. The monoisotopic (exact) mass is 430 g/mol. The Kier molecular flexibility index (Phi) is 7.08. The van der Waals surface area contributed by atoms with Gasteiger partial charge in [-0.25, -0.2) is 0 Å². The van der Waals surface area contributed by atoms with Crippen molar-refractivity contribution in [3.05, 3.63) is 50.8 Å². The molecule has 0 amide bonds. The number of nitrogens with two attached hydrogens (primary N) is 2. The molecule has 1 aromatic carbocycles. The topological polar surface area (TPSA) is 118 Å². The lowest BCUT2D eigenvalue weighted by Gasteiger charge is -2.18. The lowest BCUT2D eigenvalue weighted by atomic mass is 10.0. The van der Waals surface area contributed by atoms with E-state index < -0.39 is 0 Å². The van der Waals surface area contributed by atoms with Gasteiger partial charge in [-0.3, -0.25) is 0 Å². The van der Waals surface area contributed by atoms with E-state index in [2.05, 4.69) is 27.6 Å². The molecule has 5 N–H and O–H groups in total. The van der Waals surface area contributed by atoms with Crippen molar-refractivity contribution in [2.45, 2.75) is 19.8 Å². The van der Waals surface area contributed by atoms with Crippen LogP contribution in [0.1, 0.15) is 25.3 Å². The van der Waals surface area contributed by atoms with Crippen LogP contribution in [0.4, 0.5) is 0 Å². The third-order valence-corrected chi connectivity index (χ3v) is 3.66. The van der Waals surface area contributed by atoms with Gasteiger partial charge in [0.05, 0.1) is 10.7 Å². The summed E-state index contributed by atoms with van der Waals surface area (Å²) in [6, 6.07) is 3.66. The average molecular weight is 430 g/mol. The van der Waals surface area contributed by atoms with E-state index in [1.165, 1.54) is 0 Å². The first kappa shape index (κ1) is 19.0. The molecule has 23 heavy (non-hydrogen) atoms. The summed E-state index contributed by atoms with van der Waals surface area (Å²) in [6.07, 6.45) is 1.03. The number of hydrogen-bond acceptors (Lipinski definition) is 6. The third-order valence-electron chi connectivity index (χ3n) is 2.82. The standard InChI is InChI=1S/C15H19IN4O3/c1-8(2)10-5-13(22-4)11(16)6-12(10)23-14(7-19-21)15(18)20-9(3)17/h3,5-8,19H,17H2,1-2,4H3,(H2,18,20)/b14-7+. The number of ether oxygens (including phenoxy) is 2. The van der Waals surface area contributed by atoms with Gasteiger partial charge in [0.15, 0.2) is 11.6 Å². The Morgan fingerprint density at radius 2 is 2.04 bits per heavy atom. The van der Waals surface area contributed by atoms with Crippen LogP contribution < -0.4 is 26.4 Å². The van der Waals surface area contributed by atoms with E-state index in [0.29, 0.717) is 5.75 Å². The molecule has 0 radical (unpaired) electrons. The Hall–Kier alpha value is -2.03. The highest BCUT2D eigenvalue weighted by molar-refractivity contribution is 14.1. The summed E-state index contributed by atoms with van der Waals surface area (Å²) >= 11 is 2.12. The number of hydrogen-bond donors (Lipinski definition) is 3. The molecule has 0 saturated carbocycles. The first-order chi connectivity index (χ1) is 10.8. The second kappa shape index (κ2) is 8.56. The van der Waals surface area contributed by atoms with Crippen LogP contribution in [-0.4, -0.2) is 12.9 Å². The fourth-order valence-electron chi connectivity index (χ4n) is 1.77. The van der Waals surface area contributed by atoms with Crippen LogP contribution in [0.3, 0.4) is 0 Å². The molecule has 0 heterocycles. The van der Waals surface area contributed by atoms with Crippen molar-refractivity contribution in [3.8, 4) is 11.5 Å². The van der Waals surface area contributed by atoms with Gasteiger partial charge in [0.2, 0.25) is 0 Å². The van der Waals surface area contributed by atoms with Gasteiger partial charge in [-0.15, -0.1) is 0 Å². The smallest absolute Gasteiger partial charge is 0.372 e. The molecule has 0 unspecified atom stereocenters. The summed E-state index contributed by atoms with van der Waals surface area (Å²) in [4.78, 5) is 3.69. The maximum atomic E-state index is 10.7. The molecule has 0 bridgehead atoms. The van der Waals surface area contributed by atoms with Crippen molar-refractivity contribution in [1.29, 1.82) is 0 Å². The highest BCUT2D eigenvalue weighted by atomic mass is 127. The van der Waals surface area contributed by atoms with Crippen molar-refractivity contribution < 1.29 is 9.47 Å². The minimum absolute atomic E-state index is 0.0104. The lowest BCUT2D eigenvalue weighted by molar-refractivity contribution is 0.405. The molecule has 1 aromatic rings. The first-order valence-corrected chi connectivity index (χ1v) is 7.73. The van der Waals surface area contributed by atoms with E-state index >= 15 is 0 Å². The summed E-state index contributed by atoms with van der Waals surface area (Å²) in [5.41, 5.74) is 13.5. The van der Waals surface area contributed by atoms with E-state index in [1.54, 1.807) is 18.7 Å². The van der Waals surface area contributed by atoms with Crippen molar-refractivity contribution in [2.75, 3.05) is 7.11 Å². The van der Waals surface area contributed by atoms with Crippen LogP contribution >= 0.6 is 22.6 Å². The molecular weight excluding hydrogens is 411 g/mol. The van der Waals surface area contributed by atoms with Crippen LogP contribution in [0.25, 0.3) is 0 Å². The van der Waals surface area contributed by atoms with Crippen LogP contribution in [0.5, 0.6) is 11.5 Å². The third kappa shape index (κ3) is 5.27. The lowest BCUT2D eigenvalue weighted by Crippen LogP contribution is -2.22. The minimum atomic E-state index is -0.240. The zero-order valence-corrected chi connectivity index (χ0v) is 15.2. The fraction of sp³-hybridized carbons (Fsp3) is 0.267. The van der Waals surface area contributed by atoms with Gasteiger partial charge in [0.25, 0.3) is 6.58 Å². The second-order valence-electron chi connectivity index (χ2n) is 4.83. The summed E-state index contributed by atoms with van der Waals surface area (Å²) in [6.45, 7) is 9.30. The number of halogens is 1. The first-order valence-electron chi connectivity index (χ1n) is 6.65. The molecule has 0 atom stereocenters. The zero-order valence-electron chi connectivity index (χ0n) is 13.1. The molecule has 0 aliphatic rings. The van der Waals surface area contributed by atoms with Gasteiger partial charge >= 0.3 is 5.82 Å². The van der Waals surface area contributed by atoms with Crippen molar-refractivity contribution >= 4 is 28.4 Å². The van der Waals surface area contributed by atoms with Gasteiger partial charge in [-0.05, 0) is 40.6 Å². The average Bonchev–Trinajstić information content (AvgIpc) is 2.45. The number of nitrogens with one attached hydrogen (secondary N) is 1. The number of hydroxylamine groups is 1. The summed E-state index contributed by atoms with van der Waals surface area (Å²) in [5, 5.41) is 10.7. The Morgan fingerprint density at radius 3 is 2.52 bits per heavy atom. The maximum absolute atomic E-state index is 10.7. The summed E-state index contributed by atoms with van der Waals surface area (Å²) in [7, 11) is 1.60. The molecule has 0 aromatic heterocycles. The normalized spacial score (nSPS) is 12.2. The Balaban J connectivity index is 3.31. The Bertz CT molecular complexity index is 642. The minimum Gasteiger partial charge on any atom is -0.761 e. The second-order valence-corrected chi connectivity index (χ2v) is 5.99. The van der Waals surface area contributed by atoms with Gasteiger partial charge in [0, 0.05) is 11.8 Å². The van der Waals surface area contributed by atoms with Crippen molar-refractivity contribution in [1.82, 2.24) is 5.48 Å². The number of aliphatic imine (C=N–C) groups is 1. The van der Waals surface area contributed by atoms with E-state index in [1.807, 2.05) is 19.9 Å². The predicted octanol–water partition coefficient (Wildman–Crippen LogP) is 2.32. The number of methoxy groups -OCH3 is 1. The molecule has 0 aliphatic heterocycles. The highest BCUT2D eigenvalue weighted by Crippen LogP contribution is 2.35. The van der Waals surface area contributed by atoms with E-state index in [9.17, 15) is 5.21 Å². The molecule has 7 nitrogen and oxygen atoms in total. The van der Waals surface area contributed by atoms with Gasteiger partial charge in [0.1, 0.15) is 11.5 Å². The molecule has 0 fully saturated rings. The van der Waals surface area contributed by atoms with E-state index in [-0.39, 0.29) is 23.3 Å². The SMILES string of the molecule is [CH+]=C(N)N=C(N)/C(=C\N[O-])Oc1cc(I)c(OC)cc1C(C)C. The summed E-state index contributed by atoms with van der Waals surface area (Å²) < 4.78 is 11.9. The largest absolute Gasteiger partial charge is 0.761 e. The van der Waals surface area contributed by atoms with E-state index in [0.717, 1.165) is 21.1 Å². The predicted molar refractivity (Wildman–Crippen MR) is 98.6 cm³/mol. The van der Waals surface area contributed by atoms with Crippen LogP contribution in [-0.2, 0) is 0 Å². The summed E-state index contributed by atoms with van der Waals surface area (Å²) in [5.74, 6) is 1.07. The molecule has 1 rings (SSSR count). The molecule has 8 heteroatoms. The molecule has 0 spiro atoms. The van der Waals surface area contributed by atoms with Gasteiger partial charge < -0.3 is 31.6 Å². The molecular formula is C15H19IN4O3. The Labute approximate surface area is 149 Å². The molecule has 0 aliphatic carbocycles. The highest BCUT2D eigenvalue weighted by Gasteiger charge is 2.16. The number of amidine groups is 1. The van der Waals surface area contributed by atoms with Crippen molar-refractivity contribution in [2.24, 2.45) is 16.5 Å². The number of nitrogens with zero attached hydrogens (tertiary/aromatic N) is 1. The molecule has 124 valence electrons.